The lowest BCUT2D eigenvalue weighted by atomic mass is 10.0. The van der Waals surface area contributed by atoms with Crippen LogP contribution in [-0.4, -0.2) is 67.4 Å². The van der Waals surface area contributed by atoms with E-state index in [1.54, 1.807) is 30.3 Å². The highest BCUT2D eigenvalue weighted by Gasteiger charge is 2.54. The van der Waals surface area contributed by atoms with Crippen molar-refractivity contribution in [1.29, 1.82) is 0 Å². The second-order valence-corrected chi connectivity index (χ2v) is 10.6. The molecule has 1 saturated heterocycles. The molecule has 172 valence electrons. The first-order valence-electron chi connectivity index (χ1n) is 9.68. The van der Waals surface area contributed by atoms with E-state index in [0.29, 0.717) is 22.6 Å². The van der Waals surface area contributed by atoms with Gasteiger partial charge >= 0.3 is 5.97 Å². The number of nitrogens with zero attached hydrogens (tertiary/aromatic N) is 3. The molecule has 0 bridgehead atoms. The van der Waals surface area contributed by atoms with Gasteiger partial charge in [0.15, 0.2) is 4.34 Å². The standard InChI is InChI=1S/C20H18N4O6S3/c1-10-22-23-20(33-10)32-8-12-7-31-18-13(17(27)24(18)14(12)19(28)29)21-16(26)15(30-9-25)11-5-3-2-4-6-11/h2-6,9,13,15,18H,7-8H2,1H3,(H,21,26)(H,28,29)/t13?,15?,18-/m1/s1. The number of hydrogen-bond donors (Lipinski definition) is 2. The highest BCUT2D eigenvalue weighted by atomic mass is 32.2. The minimum absolute atomic E-state index is 0.0632. The second kappa shape index (κ2) is 9.93. The number of thioether (sulfide) groups is 2. The van der Waals surface area contributed by atoms with Gasteiger partial charge < -0.3 is 15.2 Å². The van der Waals surface area contributed by atoms with Crippen LogP contribution in [0.3, 0.4) is 0 Å². The Bertz CT molecular complexity index is 1120. The average molecular weight is 507 g/mol. The minimum Gasteiger partial charge on any atom is -0.477 e. The molecular weight excluding hydrogens is 488 g/mol. The normalized spacial score (nSPS) is 20.5. The maximum Gasteiger partial charge on any atom is 0.352 e. The van der Waals surface area contributed by atoms with Gasteiger partial charge in [-0.3, -0.25) is 19.3 Å². The van der Waals surface area contributed by atoms with Gasteiger partial charge in [-0.25, -0.2) is 4.79 Å². The summed E-state index contributed by atoms with van der Waals surface area (Å²) in [5.41, 5.74) is 0.997. The lowest BCUT2D eigenvalue weighted by Gasteiger charge is -2.49. The molecule has 4 rings (SSSR count). The molecule has 3 atom stereocenters. The van der Waals surface area contributed by atoms with Gasteiger partial charge in [0.1, 0.15) is 22.1 Å². The van der Waals surface area contributed by atoms with Gasteiger partial charge in [0.2, 0.25) is 6.10 Å². The van der Waals surface area contributed by atoms with E-state index in [4.69, 9.17) is 4.74 Å². The summed E-state index contributed by atoms with van der Waals surface area (Å²) >= 11 is 4.15. The number of carbonyl (C=O) groups excluding carboxylic acids is 3. The maximum atomic E-state index is 12.8. The SMILES string of the molecule is Cc1nnc(SCC2=C(C(=O)O)N3C(=O)C(NC(=O)C(OC=O)c4ccccc4)[C@H]3SC2)s1. The van der Waals surface area contributed by atoms with Crippen LogP contribution < -0.4 is 5.32 Å². The fourth-order valence-corrected chi connectivity index (χ4v) is 6.78. The largest absolute Gasteiger partial charge is 0.477 e. The number of fused-ring (bicyclic) bond motifs is 1. The summed E-state index contributed by atoms with van der Waals surface area (Å²) in [5, 5.41) is 20.6. The van der Waals surface area contributed by atoms with E-state index < -0.39 is 35.3 Å². The maximum absolute atomic E-state index is 12.8. The summed E-state index contributed by atoms with van der Waals surface area (Å²) in [6.45, 7) is 2.01. The van der Waals surface area contributed by atoms with Crippen LogP contribution in [0.5, 0.6) is 0 Å². The Morgan fingerprint density at radius 2 is 2.12 bits per heavy atom. The first kappa shape index (κ1) is 23.3. The topological polar surface area (TPSA) is 139 Å². The molecule has 3 heterocycles. The first-order valence-corrected chi connectivity index (χ1v) is 12.5. The number of β-lactam (4-membered cyclic amide) rings is 1. The Labute approximate surface area is 200 Å². The minimum atomic E-state index is -1.21. The molecule has 2 N–H and O–H groups in total. The van der Waals surface area contributed by atoms with Crippen molar-refractivity contribution < 1.29 is 29.0 Å². The number of aromatic nitrogens is 2. The van der Waals surface area contributed by atoms with Gasteiger partial charge in [-0.2, -0.15) is 0 Å². The van der Waals surface area contributed by atoms with E-state index in [2.05, 4.69) is 15.5 Å². The number of rotatable bonds is 9. The molecule has 13 heteroatoms. The van der Waals surface area contributed by atoms with Crippen molar-refractivity contribution in [2.45, 2.75) is 28.8 Å². The molecule has 2 aliphatic rings. The zero-order valence-electron chi connectivity index (χ0n) is 17.2. The van der Waals surface area contributed by atoms with Crippen LogP contribution in [0.1, 0.15) is 16.7 Å². The van der Waals surface area contributed by atoms with E-state index in [1.165, 1.54) is 39.8 Å². The van der Waals surface area contributed by atoms with Crippen LogP contribution in [0.4, 0.5) is 0 Å². The molecule has 33 heavy (non-hydrogen) atoms. The van der Waals surface area contributed by atoms with E-state index in [-0.39, 0.29) is 12.2 Å². The van der Waals surface area contributed by atoms with E-state index in [1.807, 2.05) is 6.92 Å². The van der Waals surface area contributed by atoms with Crippen molar-refractivity contribution >= 4 is 59.1 Å². The molecule has 0 saturated carbocycles. The highest BCUT2D eigenvalue weighted by molar-refractivity contribution is 8.01. The summed E-state index contributed by atoms with van der Waals surface area (Å²) in [7, 11) is 0. The van der Waals surface area contributed by atoms with Gasteiger partial charge in [0.25, 0.3) is 18.3 Å². The Kier molecular flexibility index (Phi) is 7.00. The number of carboxylic acid groups (broad SMARTS) is 1. The zero-order chi connectivity index (χ0) is 23.5. The number of nitrogens with one attached hydrogen (secondary N) is 1. The molecule has 1 aromatic heterocycles. The molecular formula is C20H18N4O6S3. The number of carbonyl (C=O) groups is 4. The average Bonchev–Trinajstić information content (AvgIpc) is 3.24. The fraction of sp³-hybridized carbons (Fsp3) is 0.300. The third-order valence-corrected chi connectivity index (χ3v) is 8.35. The predicted octanol–water partition coefficient (Wildman–Crippen LogP) is 1.59. The van der Waals surface area contributed by atoms with Gasteiger partial charge in [-0.05, 0) is 12.5 Å². The van der Waals surface area contributed by atoms with Crippen LogP contribution >= 0.6 is 34.9 Å². The van der Waals surface area contributed by atoms with Gasteiger partial charge in [-0.1, -0.05) is 53.4 Å². The molecule has 0 spiro atoms. The van der Waals surface area contributed by atoms with Crippen LogP contribution in [0.25, 0.3) is 0 Å². The molecule has 2 aromatic rings. The number of amides is 2. The van der Waals surface area contributed by atoms with Crippen molar-refractivity contribution in [3.05, 3.63) is 52.2 Å². The molecule has 10 nitrogen and oxygen atoms in total. The second-order valence-electron chi connectivity index (χ2n) is 7.05. The van der Waals surface area contributed by atoms with Crippen molar-refractivity contribution in [2.24, 2.45) is 0 Å². The molecule has 2 unspecified atom stereocenters. The first-order chi connectivity index (χ1) is 15.9. The molecule has 0 aliphatic carbocycles. The molecule has 1 fully saturated rings. The van der Waals surface area contributed by atoms with Crippen LogP contribution in [0.2, 0.25) is 0 Å². The van der Waals surface area contributed by atoms with Crippen LogP contribution in [-0.2, 0) is 23.9 Å². The summed E-state index contributed by atoms with van der Waals surface area (Å²) in [6, 6.07) is 7.50. The quantitative estimate of drug-likeness (QED) is 0.293. The monoisotopic (exact) mass is 506 g/mol. The number of carboxylic acids is 1. The van der Waals surface area contributed by atoms with Gasteiger partial charge in [0.05, 0.1) is 0 Å². The third-order valence-electron chi connectivity index (χ3n) is 4.96. The number of aryl methyl sites for hydroxylation is 1. The Hall–Kier alpha value is -2.90. The Morgan fingerprint density at radius 1 is 1.36 bits per heavy atom. The molecule has 2 aliphatic heterocycles. The summed E-state index contributed by atoms with van der Waals surface area (Å²) in [6.07, 6.45) is -1.21. The number of hydrogen-bond acceptors (Lipinski definition) is 10. The third kappa shape index (κ3) is 4.75. The molecule has 1 aromatic carbocycles. The van der Waals surface area contributed by atoms with Crippen molar-refractivity contribution in [2.75, 3.05) is 11.5 Å². The van der Waals surface area contributed by atoms with E-state index in [0.717, 1.165) is 9.35 Å². The lowest BCUT2D eigenvalue weighted by molar-refractivity contribution is -0.154. The van der Waals surface area contributed by atoms with E-state index in [9.17, 15) is 24.3 Å². The number of ether oxygens (including phenoxy) is 1. The number of benzene rings is 1. The van der Waals surface area contributed by atoms with Crippen molar-refractivity contribution in [3.63, 3.8) is 0 Å². The summed E-state index contributed by atoms with van der Waals surface area (Å²) in [5.74, 6) is -1.62. The predicted molar refractivity (Wildman–Crippen MR) is 121 cm³/mol. The zero-order valence-corrected chi connectivity index (χ0v) is 19.6. The summed E-state index contributed by atoms with van der Waals surface area (Å²) < 4.78 is 5.66. The lowest BCUT2D eigenvalue weighted by Crippen LogP contribution is -2.71. The van der Waals surface area contributed by atoms with Crippen LogP contribution in [0, 0.1) is 6.92 Å². The van der Waals surface area contributed by atoms with Crippen molar-refractivity contribution in [1.82, 2.24) is 20.4 Å². The van der Waals surface area contributed by atoms with E-state index >= 15 is 0 Å². The van der Waals surface area contributed by atoms with Gasteiger partial charge in [-0.15, -0.1) is 22.0 Å². The Balaban J connectivity index is 1.47. The molecule has 2 amide bonds. The summed E-state index contributed by atoms with van der Waals surface area (Å²) in [4.78, 5) is 49.7. The highest BCUT2D eigenvalue weighted by Crippen LogP contribution is 2.42. The Morgan fingerprint density at radius 3 is 2.76 bits per heavy atom. The molecule has 0 radical (unpaired) electrons. The fourth-order valence-electron chi connectivity index (χ4n) is 3.48. The van der Waals surface area contributed by atoms with Gasteiger partial charge in [0, 0.05) is 17.1 Å². The number of aliphatic carboxylic acids is 1. The van der Waals surface area contributed by atoms with Crippen molar-refractivity contribution in [3.8, 4) is 0 Å². The van der Waals surface area contributed by atoms with Crippen LogP contribution in [0.15, 0.2) is 45.9 Å². The smallest absolute Gasteiger partial charge is 0.352 e.